The average Bonchev–Trinajstić information content (AvgIpc) is 3.28. The summed E-state index contributed by atoms with van der Waals surface area (Å²) in [5, 5.41) is 4.80. The third kappa shape index (κ3) is 2.97. The fourth-order valence-corrected chi connectivity index (χ4v) is 5.45. The maximum Gasteiger partial charge on any atom is 0.325 e. The molecule has 0 bridgehead atoms. The van der Waals surface area contributed by atoms with Crippen LogP contribution in [-0.4, -0.2) is 60.4 Å². The Bertz CT molecular complexity index is 829. The van der Waals surface area contributed by atoms with Gasteiger partial charge in [0.2, 0.25) is 5.91 Å². The number of nitrogens with zero attached hydrogens (tertiary/aromatic N) is 2. The number of carbonyl (C=O) groups excluding carboxylic acids is 4. The van der Waals surface area contributed by atoms with E-state index in [2.05, 4.69) is 5.32 Å². The number of fused-ring (bicyclic) bond motifs is 2. The van der Waals surface area contributed by atoms with E-state index in [0.717, 1.165) is 28.2 Å². The van der Waals surface area contributed by atoms with Crippen molar-refractivity contribution < 1.29 is 23.9 Å². The third-order valence-electron chi connectivity index (χ3n) is 6.01. The van der Waals surface area contributed by atoms with E-state index in [9.17, 15) is 19.2 Å². The minimum absolute atomic E-state index is 0.201. The highest BCUT2D eigenvalue weighted by molar-refractivity contribution is 7.10. The van der Waals surface area contributed by atoms with Crippen LogP contribution in [0.5, 0.6) is 0 Å². The maximum absolute atomic E-state index is 13.2. The number of carbonyl (C=O) groups is 4. The van der Waals surface area contributed by atoms with E-state index >= 15 is 0 Å². The van der Waals surface area contributed by atoms with Crippen LogP contribution >= 0.6 is 11.3 Å². The molecule has 150 valence electrons. The second-order valence-electron chi connectivity index (χ2n) is 7.52. The van der Waals surface area contributed by atoms with Crippen molar-refractivity contribution in [3.05, 3.63) is 21.9 Å². The van der Waals surface area contributed by atoms with Crippen molar-refractivity contribution in [2.45, 2.75) is 37.6 Å². The first kappa shape index (κ1) is 18.9. The van der Waals surface area contributed by atoms with E-state index in [4.69, 9.17) is 4.74 Å². The van der Waals surface area contributed by atoms with Crippen LogP contribution in [0.2, 0.25) is 0 Å². The molecule has 3 heterocycles. The van der Waals surface area contributed by atoms with Crippen molar-refractivity contribution in [3.8, 4) is 0 Å². The Morgan fingerprint density at radius 2 is 2.07 bits per heavy atom. The zero-order chi connectivity index (χ0) is 19.9. The number of likely N-dealkylation sites (tertiary alicyclic amines) is 1. The molecule has 0 unspecified atom stereocenters. The number of hydrogen-bond donors (Lipinski definition) is 1. The number of amides is 4. The number of thiophene rings is 1. The van der Waals surface area contributed by atoms with Gasteiger partial charge in [-0.3, -0.25) is 19.3 Å². The van der Waals surface area contributed by atoms with Crippen molar-refractivity contribution in [1.82, 2.24) is 15.1 Å². The van der Waals surface area contributed by atoms with Gasteiger partial charge in [-0.05, 0) is 43.6 Å². The molecule has 4 amide bonds. The number of rotatable bonds is 3. The van der Waals surface area contributed by atoms with E-state index in [1.54, 1.807) is 16.2 Å². The molecule has 8 nitrogen and oxygen atoms in total. The van der Waals surface area contributed by atoms with Gasteiger partial charge in [-0.1, -0.05) is 0 Å². The standard InChI is InChI=1S/C19H23N3O5S/c1-27-16(24)12-4-8-21(9-5-12)15(23)11-22-17(25)19(20-18(22)26)7-2-3-14-13(19)6-10-28-14/h6,10,12H,2-5,7-9,11H2,1H3,(H,20,26)/t19-/m1/s1. The number of aryl methyl sites for hydroxylation is 1. The number of urea groups is 1. The average molecular weight is 405 g/mol. The Kier molecular flexibility index (Phi) is 4.86. The molecule has 1 atom stereocenters. The predicted molar refractivity (Wildman–Crippen MR) is 100 cm³/mol. The van der Waals surface area contributed by atoms with Gasteiger partial charge in [0.15, 0.2) is 0 Å². The molecule has 3 aliphatic rings. The Morgan fingerprint density at radius 3 is 2.79 bits per heavy atom. The smallest absolute Gasteiger partial charge is 0.325 e. The third-order valence-corrected chi connectivity index (χ3v) is 6.99. The van der Waals surface area contributed by atoms with E-state index in [1.165, 1.54) is 7.11 Å². The molecule has 1 aromatic heterocycles. The Morgan fingerprint density at radius 1 is 1.32 bits per heavy atom. The maximum atomic E-state index is 13.2. The van der Waals surface area contributed by atoms with E-state index < -0.39 is 11.6 Å². The summed E-state index contributed by atoms with van der Waals surface area (Å²) in [6, 6.07) is 1.39. The SMILES string of the molecule is COC(=O)C1CCN(C(=O)CN2C(=O)N[C@@]3(CCCc4sccc43)C2=O)CC1. The summed E-state index contributed by atoms with van der Waals surface area (Å²) < 4.78 is 4.76. The fourth-order valence-electron chi connectivity index (χ4n) is 4.45. The monoisotopic (exact) mass is 405 g/mol. The number of ether oxygens (including phenoxy) is 1. The van der Waals surface area contributed by atoms with Crippen LogP contribution in [0.25, 0.3) is 0 Å². The van der Waals surface area contributed by atoms with Crippen molar-refractivity contribution in [1.29, 1.82) is 0 Å². The van der Waals surface area contributed by atoms with Gasteiger partial charge in [-0.15, -0.1) is 11.3 Å². The van der Waals surface area contributed by atoms with Crippen LogP contribution in [-0.2, 0) is 31.1 Å². The van der Waals surface area contributed by atoms with Gasteiger partial charge in [-0.25, -0.2) is 4.79 Å². The molecule has 2 aliphatic heterocycles. The lowest BCUT2D eigenvalue weighted by Crippen LogP contribution is -2.48. The summed E-state index contributed by atoms with van der Waals surface area (Å²) in [5.41, 5.74) is -0.154. The topological polar surface area (TPSA) is 96.0 Å². The van der Waals surface area contributed by atoms with Gasteiger partial charge >= 0.3 is 12.0 Å². The molecule has 2 fully saturated rings. The number of hydrogen-bond acceptors (Lipinski definition) is 6. The highest BCUT2D eigenvalue weighted by Crippen LogP contribution is 2.42. The molecule has 0 radical (unpaired) electrons. The first-order valence-corrected chi connectivity index (χ1v) is 10.4. The van der Waals surface area contributed by atoms with Crippen LogP contribution in [0.15, 0.2) is 11.4 Å². The summed E-state index contributed by atoms with van der Waals surface area (Å²) in [6.07, 6.45) is 3.34. The lowest BCUT2D eigenvalue weighted by molar-refractivity contribution is -0.149. The summed E-state index contributed by atoms with van der Waals surface area (Å²) in [7, 11) is 1.36. The Hall–Kier alpha value is -2.42. The molecule has 0 aromatic carbocycles. The molecule has 9 heteroatoms. The largest absolute Gasteiger partial charge is 0.469 e. The second-order valence-corrected chi connectivity index (χ2v) is 8.52. The van der Waals surface area contributed by atoms with Crippen LogP contribution in [0.4, 0.5) is 4.79 Å². The molecule has 28 heavy (non-hydrogen) atoms. The number of imide groups is 1. The lowest BCUT2D eigenvalue weighted by Gasteiger charge is -2.32. The number of nitrogens with one attached hydrogen (secondary N) is 1. The van der Waals surface area contributed by atoms with Gasteiger partial charge < -0.3 is 15.0 Å². The summed E-state index contributed by atoms with van der Waals surface area (Å²) in [6.45, 7) is 0.568. The molecule has 1 aromatic rings. The van der Waals surface area contributed by atoms with Crippen LogP contribution in [0.1, 0.15) is 36.1 Å². The number of esters is 1. The first-order chi connectivity index (χ1) is 13.5. The zero-order valence-corrected chi connectivity index (χ0v) is 16.5. The molecule has 1 aliphatic carbocycles. The molecule has 1 spiro atoms. The van der Waals surface area contributed by atoms with E-state index in [-0.39, 0.29) is 30.2 Å². The highest BCUT2D eigenvalue weighted by Gasteiger charge is 2.54. The normalized spacial score (nSPS) is 25.0. The molecule has 1 N–H and O–H groups in total. The minimum Gasteiger partial charge on any atom is -0.469 e. The van der Waals surface area contributed by atoms with Crippen molar-refractivity contribution in [2.75, 3.05) is 26.7 Å². The van der Waals surface area contributed by atoms with Gasteiger partial charge in [0.25, 0.3) is 5.91 Å². The number of piperidine rings is 1. The Balaban J connectivity index is 1.44. The fraction of sp³-hybridized carbons (Fsp3) is 0.579. The Labute approximate surface area is 166 Å². The lowest BCUT2D eigenvalue weighted by atomic mass is 9.80. The van der Waals surface area contributed by atoms with Gasteiger partial charge in [0.1, 0.15) is 12.1 Å². The van der Waals surface area contributed by atoms with Crippen molar-refractivity contribution >= 4 is 35.2 Å². The van der Waals surface area contributed by atoms with Gasteiger partial charge in [-0.2, -0.15) is 0 Å². The van der Waals surface area contributed by atoms with Gasteiger partial charge in [0.05, 0.1) is 13.0 Å². The second kappa shape index (κ2) is 7.20. The summed E-state index contributed by atoms with van der Waals surface area (Å²) >= 11 is 1.60. The van der Waals surface area contributed by atoms with Crippen molar-refractivity contribution in [3.63, 3.8) is 0 Å². The predicted octanol–water partition coefficient (Wildman–Crippen LogP) is 1.24. The van der Waals surface area contributed by atoms with Gasteiger partial charge in [0, 0.05) is 23.5 Å². The highest BCUT2D eigenvalue weighted by atomic mass is 32.1. The molecule has 0 saturated carbocycles. The van der Waals surface area contributed by atoms with E-state index in [1.807, 2.05) is 11.4 Å². The molecular formula is C19H23N3O5S. The van der Waals surface area contributed by atoms with Crippen LogP contribution < -0.4 is 5.32 Å². The van der Waals surface area contributed by atoms with E-state index in [0.29, 0.717) is 32.4 Å². The zero-order valence-electron chi connectivity index (χ0n) is 15.7. The number of methoxy groups -OCH3 is 1. The molecular weight excluding hydrogens is 382 g/mol. The quantitative estimate of drug-likeness (QED) is 0.603. The molecule has 2 saturated heterocycles. The summed E-state index contributed by atoms with van der Waals surface area (Å²) in [5.74, 6) is -1.07. The first-order valence-electron chi connectivity index (χ1n) is 9.53. The minimum atomic E-state index is -1.02. The summed E-state index contributed by atoms with van der Waals surface area (Å²) in [4.78, 5) is 53.8. The van der Waals surface area contributed by atoms with Crippen LogP contribution in [0.3, 0.4) is 0 Å². The van der Waals surface area contributed by atoms with Crippen LogP contribution in [0, 0.1) is 5.92 Å². The van der Waals surface area contributed by atoms with Crippen molar-refractivity contribution in [2.24, 2.45) is 5.92 Å². The molecule has 4 rings (SSSR count).